The van der Waals surface area contributed by atoms with Crippen LogP contribution in [-0.4, -0.2) is 17.9 Å². The van der Waals surface area contributed by atoms with Crippen LogP contribution in [0.5, 0.6) is 0 Å². The van der Waals surface area contributed by atoms with Gasteiger partial charge in [0.1, 0.15) is 0 Å². The Hall–Kier alpha value is -2.62. The van der Waals surface area contributed by atoms with E-state index in [4.69, 9.17) is 0 Å². The lowest BCUT2D eigenvalue weighted by atomic mass is 10.1. The van der Waals surface area contributed by atoms with Gasteiger partial charge in [-0.3, -0.25) is 9.59 Å². The van der Waals surface area contributed by atoms with Crippen molar-refractivity contribution >= 4 is 17.5 Å². The fourth-order valence-corrected chi connectivity index (χ4v) is 2.52. The third kappa shape index (κ3) is 5.23. The molecule has 0 spiro atoms. The summed E-state index contributed by atoms with van der Waals surface area (Å²) in [4.78, 5) is 23.8. The Labute approximate surface area is 142 Å². The summed E-state index contributed by atoms with van der Waals surface area (Å²) in [5.41, 5.74) is 2.87. The average Bonchev–Trinajstić information content (AvgIpc) is 3.39. The molecule has 2 aromatic rings. The summed E-state index contributed by atoms with van der Waals surface area (Å²) in [5.74, 6) is 0.0650. The summed E-state index contributed by atoms with van der Waals surface area (Å²) in [6.07, 6.45) is 3.76. The minimum absolute atomic E-state index is 0.00178. The summed E-state index contributed by atoms with van der Waals surface area (Å²) in [6.45, 7) is 0. The maximum Gasteiger partial charge on any atom is 0.224 e. The van der Waals surface area contributed by atoms with E-state index in [9.17, 15) is 9.59 Å². The molecule has 1 aliphatic rings. The molecule has 0 saturated heterocycles. The van der Waals surface area contributed by atoms with Gasteiger partial charge in [-0.25, -0.2) is 0 Å². The van der Waals surface area contributed by atoms with Gasteiger partial charge in [-0.2, -0.15) is 0 Å². The van der Waals surface area contributed by atoms with E-state index in [0.29, 0.717) is 18.9 Å². The molecule has 0 aromatic heterocycles. The van der Waals surface area contributed by atoms with Crippen molar-refractivity contribution in [3.05, 3.63) is 65.7 Å². The fraction of sp³-hybridized carbons (Fsp3) is 0.300. The topological polar surface area (TPSA) is 58.2 Å². The van der Waals surface area contributed by atoms with Crippen LogP contribution in [0, 0.1) is 0 Å². The molecule has 2 aromatic carbocycles. The van der Waals surface area contributed by atoms with Gasteiger partial charge in [0.25, 0.3) is 0 Å². The highest BCUT2D eigenvalue weighted by Gasteiger charge is 2.22. The minimum Gasteiger partial charge on any atom is -0.353 e. The molecule has 0 bridgehead atoms. The molecule has 4 nitrogen and oxygen atoms in total. The molecule has 0 unspecified atom stereocenters. The van der Waals surface area contributed by atoms with Crippen LogP contribution in [-0.2, 0) is 22.4 Å². The van der Waals surface area contributed by atoms with E-state index >= 15 is 0 Å². The molecule has 1 saturated carbocycles. The molecule has 1 fully saturated rings. The van der Waals surface area contributed by atoms with Gasteiger partial charge in [0.15, 0.2) is 0 Å². The highest BCUT2D eigenvalue weighted by molar-refractivity contribution is 5.90. The SMILES string of the molecule is O=C(CCc1ccccc1)Nc1ccc(CC(=O)NC2CC2)cc1. The number of hydrogen-bond donors (Lipinski definition) is 2. The van der Waals surface area contributed by atoms with E-state index in [1.807, 2.05) is 54.6 Å². The second-order valence-electron chi connectivity index (χ2n) is 6.25. The number of benzene rings is 2. The van der Waals surface area contributed by atoms with Gasteiger partial charge in [-0.15, -0.1) is 0 Å². The van der Waals surface area contributed by atoms with Gasteiger partial charge >= 0.3 is 0 Å². The number of hydrogen-bond acceptors (Lipinski definition) is 2. The van der Waals surface area contributed by atoms with Crippen LogP contribution in [0.15, 0.2) is 54.6 Å². The van der Waals surface area contributed by atoms with E-state index in [1.54, 1.807) is 0 Å². The van der Waals surface area contributed by atoms with Crippen LogP contribution in [0.4, 0.5) is 5.69 Å². The normalized spacial score (nSPS) is 13.3. The summed E-state index contributed by atoms with van der Waals surface area (Å²) in [7, 11) is 0. The Balaban J connectivity index is 1.44. The smallest absolute Gasteiger partial charge is 0.224 e. The molecule has 1 aliphatic carbocycles. The van der Waals surface area contributed by atoms with E-state index in [2.05, 4.69) is 10.6 Å². The van der Waals surface area contributed by atoms with Crippen molar-refractivity contribution in [3.63, 3.8) is 0 Å². The monoisotopic (exact) mass is 322 g/mol. The van der Waals surface area contributed by atoms with Crippen molar-refractivity contribution in [3.8, 4) is 0 Å². The molecule has 2 amide bonds. The molecule has 4 heteroatoms. The lowest BCUT2D eigenvalue weighted by molar-refractivity contribution is -0.120. The van der Waals surface area contributed by atoms with Gasteiger partial charge < -0.3 is 10.6 Å². The van der Waals surface area contributed by atoms with E-state index in [0.717, 1.165) is 36.1 Å². The standard InChI is InChI=1S/C20H22N2O2/c23-19(13-8-15-4-2-1-3-5-15)21-17-9-6-16(7-10-17)14-20(24)22-18-11-12-18/h1-7,9-10,18H,8,11-14H2,(H,21,23)(H,22,24). The Morgan fingerprint density at radius 3 is 2.25 bits per heavy atom. The maximum absolute atomic E-state index is 12.0. The molecule has 0 radical (unpaired) electrons. The van der Waals surface area contributed by atoms with E-state index in [-0.39, 0.29) is 11.8 Å². The highest BCUT2D eigenvalue weighted by atomic mass is 16.2. The second-order valence-corrected chi connectivity index (χ2v) is 6.25. The van der Waals surface area contributed by atoms with Gasteiger partial charge in [0, 0.05) is 18.2 Å². The molecule has 24 heavy (non-hydrogen) atoms. The predicted octanol–water partition coefficient (Wildman–Crippen LogP) is 3.08. The van der Waals surface area contributed by atoms with Crippen LogP contribution < -0.4 is 10.6 Å². The van der Waals surface area contributed by atoms with Crippen LogP contribution in [0.1, 0.15) is 30.4 Å². The quantitative estimate of drug-likeness (QED) is 0.823. The summed E-state index contributed by atoms with van der Waals surface area (Å²) >= 11 is 0. The van der Waals surface area contributed by atoms with Crippen molar-refractivity contribution in [2.24, 2.45) is 0 Å². The Bertz CT molecular complexity index is 691. The first-order chi connectivity index (χ1) is 11.7. The molecular formula is C20H22N2O2. The van der Waals surface area contributed by atoms with Crippen molar-refractivity contribution < 1.29 is 9.59 Å². The van der Waals surface area contributed by atoms with E-state index in [1.165, 1.54) is 0 Å². The minimum atomic E-state index is -0.00178. The number of aryl methyl sites for hydroxylation is 1. The predicted molar refractivity (Wildman–Crippen MR) is 94.7 cm³/mol. The summed E-state index contributed by atoms with van der Waals surface area (Å²) < 4.78 is 0. The van der Waals surface area contributed by atoms with Gasteiger partial charge in [0.05, 0.1) is 6.42 Å². The van der Waals surface area contributed by atoms with E-state index < -0.39 is 0 Å². The van der Waals surface area contributed by atoms with Crippen LogP contribution in [0.3, 0.4) is 0 Å². The third-order valence-corrected chi connectivity index (χ3v) is 4.03. The Morgan fingerprint density at radius 2 is 1.58 bits per heavy atom. The van der Waals surface area contributed by atoms with Crippen molar-refractivity contribution in [2.45, 2.75) is 38.1 Å². The number of carbonyl (C=O) groups excluding carboxylic acids is 2. The molecular weight excluding hydrogens is 300 g/mol. The van der Waals surface area contributed by atoms with Crippen molar-refractivity contribution in [2.75, 3.05) is 5.32 Å². The zero-order chi connectivity index (χ0) is 16.8. The molecule has 2 N–H and O–H groups in total. The highest BCUT2D eigenvalue weighted by Crippen LogP contribution is 2.19. The van der Waals surface area contributed by atoms with Gasteiger partial charge in [-0.05, 0) is 42.5 Å². The Kier molecular flexibility index (Phi) is 5.26. The van der Waals surface area contributed by atoms with Crippen LogP contribution in [0.25, 0.3) is 0 Å². The second kappa shape index (κ2) is 7.77. The number of rotatable bonds is 7. The summed E-state index contributed by atoms with van der Waals surface area (Å²) in [6, 6.07) is 17.8. The molecule has 0 heterocycles. The number of amides is 2. The molecule has 0 atom stereocenters. The third-order valence-electron chi connectivity index (χ3n) is 4.03. The fourth-order valence-electron chi connectivity index (χ4n) is 2.52. The average molecular weight is 322 g/mol. The molecule has 124 valence electrons. The Morgan fingerprint density at radius 1 is 0.875 bits per heavy atom. The number of carbonyl (C=O) groups is 2. The largest absolute Gasteiger partial charge is 0.353 e. The van der Waals surface area contributed by atoms with Crippen molar-refractivity contribution in [1.29, 1.82) is 0 Å². The first kappa shape index (κ1) is 16.2. The molecule has 0 aliphatic heterocycles. The zero-order valence-electron chi connectivity index (χ0n) is 13.6. The van der Waals surface area contributed by atoms with Crippen molar-refractivity contribution in [1.82, 2.24) is 5.32 Å². The number of anilines is 1. The molecule has 3 rings (SSSR count). The van der Waals surface area contributed by atoms with Gasteiger partial charge in [0.2, 0.25) is 11.8 Å². The van der Waals surface area contributed by atoms with Gasteiger partial charge in [-0.1, -0.05) is 42.5 Å². The first-order valence-electron chi connectivity index (χ1n) is 8.41. The zero-order valence-corrected chi connectivity index (χ0v) is 13.6. The lowest BCUT2D eigenvalue weighted by Crippen LogP contribution is -2.26. The maximum atomic E-state index is 12.0. The van der Waals surface area contributed by atoms with Crippen LogP contribution >= 0.6 is 0 Å². The first-order valence-corrected chi connectivity index (χ1v) is 8.41. The summed E-state index contributed by atoms with van der Waals surface area (Å²) in [5, 5.41) is 5.87. The number of nitrogens with one attached hydrogen (secondary N) is 2. The van der Waals surface area contributed by atoms with Crippen LogP contribution in [0.2, 0.25) is 0 Å². The lowest BCUT2D eigenvalue weighted by Gasteiger charge is -2.07.